The van der Waals surface area contributed by atoms with Crippen LogP contribution in [0.2, 0.25) is 0 Å². The van der Waals surface area contributed by atoms with Gasteiger partial charge in [0.15, 0.2) is 5.79 Å². The quantitative estimate of drug-likeness (QED) is 0.886. The van der Waals surface area contributed by atoms with Gasteiger partial charge in [0.2, 0.25) is 0 Å². The van der Waals surface area contributed by atoms with Crippen molar-refractivity contribution < 1.29 is 14.6 Å². The van der Waals surface area contributed by atoms with E-state index in [9.17, 15) is 5.11 Å². The Labute approximate surface area is 145 Å². The second-order valence-electron chi connectivity index (χ2n) is 8.24. The first-order chi connectivity index (χ1) is 11.4. The average Bonchev–Trinajstić information content (AvgIpc) is 2.60. The summed E-state index contributed by atoms with van der Waals surface area (Å²) in [5, 5.41) is 14.1. The Kier molecular flexibility index (Phi) is 5.30. The number of rotatable bonds is 4. The summed E-state index contributed by atoms with van der Waals surface area (Å²) in [6, 6.07) is 10.3. The maximum absolute atomic E-state index is 10.5. The van der Waals surface area contributed by atoms with Gasteiger partial charge >= 0.3 is 0 Å². The number of hydrogen-bond donors (Lipinski definition) is 2. The minimum absolute atomic E-state index is 0.0265. The van der Waals surface area contributed by atoms with Gasteiger partial charge in [-0.15, -0.1) is 0 Å². The van der Waals surface area contributed by atoms with E-state index in [1.807, 2.05) is 30.3 Å². The van der Waals surface area contributed by atoms with Gasteiger partial charge in [-0.3, -0.25) is 0 Å². The first-order valence-corrected chi connectivity index (χ1v) is 9.16. The molecule has 134 valence electrons. The summed E-state index contributed by atoms with van der Waals surface area (Å²) in [5.74, 6) is -0.366. The molecule has 0 amide bonds. The molecule has 1 aromatic rings. The minimum Gasteiger partial charge on any atom is -0.387 e. The number of hydrogen-bond acceptors (Lipinski definition) is 4. The summed E-state index contributed by atoms with van der Waals surface area (Å²) >= 11 is 0. The number of ether oxygens (including phenoxy) is 2. The minimum atomic E-state index is -0.481. The zero-order chi connectivity index (χ0) is 17.2. The van der Waals surface area contributed by atoms with Crippen molar-refractivity contribution in [3.05, 3.63) is 35.9 Å². The van der Waals surface area contributed by atoms with Crippen LogP contribution in [0.25, 0.3) is 0 Å². The molecular formula is C20H31NO3. The Morgan fingerprint density at radius 2 is 1.67 bits per heavy atom. The molecule has 2 N–H and O–H groups in total. The molecule has 0 radical (unpaired) electrons. The summed E-state index contributed by atoms with van der Waals surface area (Å²) in [6.45, 7) is 7.96. The van der Waals surface area contributed by atoms with Crippen molar-refractivity contribution in [3.63, 3.8) is 0 Å². The van der Waals surface area contributed by atoms with Crippen molar-refractivity contribution in [2.75, 3.05) is 13.2 Å². The normalized spacial score (nSPS) is 26.2. The van der Waals surface area contributed by atoms with E-state index in [0.29, 0.717) is 6.04 Å². The van der Waals surface area contributed by atoms with Crippen molar-refractivity contribution in [1.82, 2.24) is 5.32 Å². The zero-order valence-corrected chi connectivity index (χ0v) is 15.1. The second-order valence-corrected chi connectivity index (χ2v) is 8.24. The number of aliphatic hydroxyl groups excluding tert-OH is 1. The van der Waals surface area contributed by atoms with Crippen LogP contribution in [0.15, 0.2) is 30.3 Å². The molecule has 2 atom stereocenters. The summed E-state index contributed by atoms with van der Waals surface area (Å²) in [6.07, 6.45) is 3.41. The summed E-state index contributed by atoms with van der Waals surface area (Å²) in [5.41, 5.74) is 1.08. The van der Waals surface area contributed by atoms with Crippen molar-refractivity contribution in [2.45, 2.75) is 70.4 Å². The van der Waals surface area contributed by atoms with Crippen LogP contribution in [-0.4, -0.2) is 36.2 Å². The highest BCUT2D eigenvalue weighted by Crippen LogP contribution is 2.39. The van der Waals surface area contributed by atoms with Gasteiger partial charge in [-0.2, -0.15) is 0 Å². The van der Waals surface area contributed by atoms with E-state index in [-0.39, 0.29) is 17.2 Å². The van der Waals surface area contributed by atoms with Crippen molar-refractivity contribution in [1.29, 1.82) is 0 Å². The predicted molar refractivity (Wildman–Crippen MR) is 94.7 cm³/mol. The lowest BCUT2D eigenvalue weighted by molar-refractivity contribution is -0.311. The molecule has 1 aliphatic carbocycles. The fourth-order valence-electron chi connectivity index (χ4n) is 3.65. The lowest BCUT2D eigenvalue weighted by atomic mass is 9.86. The van der Waals surface area contributed by atoms with Crippen LogP contribution >= 0.6 is 0 Å². The SMILES string of the molecule is CC(NC1CCC2(CC1)OCC(C)(C)CO2)C(O)c1ccccc1. The topological polar surface area (TPSA) is 50.7 Å². The predicted octanol–water partition coefficient (Wildman–Crippen LogP) is 3.41. The fraction of sp³-hybridized carbons (Fsp3) is 0.700. The van der Waals surface area contributed by atoms with Crippen LogP contribution in [0.1, 0.15) is 58.1 Å². The van der Waals surface area contributed by atoms with E-state index in [4.69, 9.17) is 9.47 Å². The van der Waals surface area contributed by atoms with Gasteiger partial charge in [-0.05, 0) is 25.3 Å². The molecule has 3 rings (SSSR count). The monoisotopic (exact) mass is 333 g/mol. The Balaban J connectivity index is 1.49. The first kappa shape index (κ1) is 17.9. The molecule has 24 heavy (non-hydrogen) atoms. The molecule has 4 heteroatoms. The Bertz CT molecular complexity index is 511. The van der Waals surface area contributed by atoms with E-state index in [2.05, 4.69) is 26.1 Å². The summed E-state index contributed by atoms with van der Waals surface area (Å²) < 4.78 is 12.2. The maximum Gasteiger partial charge on any atom is 0.168 e. The highest BCUT2D eigenvalue weighted by molar-refractivity contribution is 5.18. The summed E-state index contributed by atoms with van der Waals surface area (Å²) in [4.78, 5) is 0. The molecule has 1 heterocycles. The molecular weight excluding hydrogens is 302 g/mol. The third kappa shape index (κ3) is 4.17. The molecule has 1 spiro atoms. The van der Waals surface area contributed by atoms with E-state index in [1.54, 1.807) is 0 Å². The van der Waals surface area contributed by atoms with Crippen LogP contribution in [0.4, 0.5) is 0 Å². The molecule has 1 saturated carbocycles. The van der Waals surface area contributed by atoms with Gasteiger partial charge in [0.25, 0.3) is 0 Å². The Morgan fingerprint density at radius 1 is 1.08 bits per heavy atom. The lowest BCUT2D eigenvalue weighted by Gasteiger charge is -2.47. The molecule has 2 fully saturated rings. The average molecular weight is 333 g/mol. The third-order valence-corrected chi connectivity index (χ3v) is 5.31. The van der Waals surface area contributed by atoms with Crippen LogP contribution < -0.4 is 5.32 Å². The van der Waals surface area contributed by atoms with Gasteiger partial charge in [0, 0.05) is 30.3 Å². The van der Waals surface area contributed by atoms with E-state index < -0.39 is 6.10 Å². The largest absolute Gasteiger partial charge is 0.387 e. The van der Waals surface area contributed by atoms with Gasteiger partial charge in [-0.25, -0.2) is 0 Å². The van der Waals surface area contributed by atoms with Gasteiger partial charge in [0.1, 0.15) is 0 Å². The lowest BCUT2D eigenvalue weighted by Crippen LogP contribution is -2.52. The van der Waals surface area contributed by atoms with E-state index >= 15 is 0 Å². The van der Waals surface area contributed by atoms with E-state index in [0.717, 1.165) is 44.5 Å². The fourth-order valence-corrected chi connectivity index (χ4v) is 3.65. The second kappa shape index (κ2) is 7.12. The maximum atomic E-state index is 10.5. The number of nitrogens with one attached hydrogen (secondary N) is 1. The highest BCUT2D eigenvalue weighted by Gasteiger charge is 2.43. The van der Waals surface area contributed by atoms with Crippen molar-refractivity contribution in [2.24, 2.45) is 5.41 Å². The molecule has 4 nitrogen and oxygen atoms in total. The molecule has 1 saturated heterocycles. The molecule has 1 aliphatic heterocycles. The van der Waals surface area contributed by atoms with Crippen LogP contribution in [0.3, 0.4) is 0 Å². The Morgan fingerprint density at radius 3 is 2.25 bits per heavy atom. The van der Waals surface area contributed by atoms with Crippen molar-refractivity contribution >= 4 is 0 Å². The molecule has 2 aliphatic rings. The standard InChI is InChI=1S/C20H31NO3/c1-15(18(22)16-7-5-4-6-8-16)21-17-9-11-20(12-10-17)23-13-19(2,3)14-24-20/h4-8,15,17-18,21-22H,9-14H2,1-3H3. The van der Waals surface area contributed by atoms with Gasteiger partial charge in [-0.1, -0.05) is 44.2 Å². The van der Waals surface area contributed by atoms with Gasteiger partial charge < -0.3 is 19.9 Å². The smallest absolute Gasteiger partial charge is 0.168 e. The van der Waals surface area contributed by atoms with Crippen molar-refractivity contribution in [3.8, 4) is 0 Å². The molecule has 0 bridgehead atoms. The van der Waals surface area contributed by atoms with Crippen LogP contribution in [-0.2, 0) is 9.47 Å². The summed E-state index contributed by atoms with van der Waals surface area (Å²) in [7, 11) is 0. The Hall–Kier alpha value is -0.940. The zero-order valence-electron chi connectivity index (χ0n) is 15.1. The van der Waals surface area contributed by atoms with Crippen LogP contribution in [0.5, 0.6) is 0 Å². The first-order valence-electron chi connectivity index (χ1n) is 9.16. The number of benzene rings is 1. The highest BCUT2D eigenvalue weighted by atomic mass is 16.7. The molecule has 1 aromatic carbocycles. The molecule has 0 aromatic heterocycles. The third-order valence-electron chi connectivity index (χ3n) is 5.31. The number of aliphatic hydroxyl groups is 1. The molecule has 2 unspecified atom stereocenters. The van der Waals surface area contributed by atoms with E-state index in [1.165, 1.54) is 0 Å². The van der Waals surface area contributed by atoms with Gasteiger partial charge in [0.05, 0.1) is 19.3 Å². The van der Waals surface area contributed by atoms with Crippen LogP contribution in [0, 0.1) is 5.41 Å².